The van der Waals surface area contributed by atoms with Gasteiger partial charge in [0.1, 0.15) is 0 Å². The molecule has 96 valence electrons. The van der Waals surface area contributed by atoms with Crippen LogP contribution in [-0.2, 0) is 14.3 Å². The van der Waals surface area contributed by atoms with E-state index in [1.54, 1.807) is 0 Å². The fourth-order valence-electron chi connectivity index (χ4n) is 2.18. The number of hydrogen-bond donors (Lipinski definition) is 1. The van der Waals surface area contributed by atoms with E-state index in [2.05, 4.69) is 5.32 Å². The van der Waals surface area contributed by atoms with Crippen LogP contribution in [0, 0.1) is 0 Å². The minimum absolute atomic E-state index is 0.0291. The number of likely N-dealkylation sites (tertiary alicyclic amines) is 1. The fraction of sp³-hybridized carbons (Fsp3) is 0.833. The van der Waals surface area contributed by atoms with Gasteiger partial charge in [0.15, 0.2) is 0 Å². The molecule has 2 unspecified atom stereocenters. The minimum Gasteiger partial charge on any atom is -0.380 e. The van der Waals surface area contributed by atoms with Gasteiger partial charge in [0.25, 0.3) is 0 Å². The molecule has 0 aromatic rings. The Bertz CT molecular complexity index is 315. The van der Waals surface area contributed by atoms with Crippen LogP contribution in [0.3, 0.4) is 0 Å². The molecule has 2 aliphatic rings. The predicted octanol–water partition coefficient (Wildman–Crippen LogP) is 0.291. The lowest BCUT2D eigenvalue weighted by Crippen LogP contribution is -2.44. The Balaban J connectivity index is 1.85. The smallest absolute Gasteiger partial charge is 0.247 e. The van der Waals surface area contributed by atoms with Gasteiger partial charge in [-0.25, -0.2) is 0 Å². The van der Waals surface area contributed by atoms with Crippen LogP contribution in [0.15, 0.2) is 0 Å². The first kappa shape index (κ1) is 12.5. The number of nitrogens with one attached hydrogen (secondary N) is 1. The first-order valence-electron chi connectivity index (χ1n) is 6.33. The van der Waals surface area contributed by atoms with Crippen molar-refractivity contribution >= 4 is 11.8 Å². The molecule has 1 N–H and O–H groups in total. The molecule has 5 heteroatoms. The first-order valence-corrected chi connectivity index (χ1v) is 6.33. The van der Waals surface area contributed by atoms with Crippen LogP contribution in [0.4, 0.5) is 0 Å². The second-order valence-corrected chi connectivity index (χ2v) is 4.82. The van der Waals surface area contributed by atoms with Gasteiger partial charge in [-0.05, 0) is 26.7 Å². The lowest BCUT2D eigenvalue weighted by atomic mass is 10.2. The van der Waals surface area contributed by atoms with Gasteiger partial charge in [-0.3, -0.25) is 14.5 Å². The summed E-state index contributed by atoms with van der Waals surface area (Å²) in [5, 5.41) is 3.17. The molecule has 0 aromatic carbocycles. The van der Waals surface area contributed by atoms with Crippen LogP contribution in [-0.4, -0.2) is 48.1 Å². The minimum atomic E-state index is -0.349. The van der Waals surface area contributed by atoms with Crippen LogP contribution < -0.4 is 5.32 Å². The quantitative estimate of drug-likeness (QED) is 0.678. The summed E-state index contributed by atoms with van der Waals surface area (Å²) in [6, 6.07) is -0.0709. The molecule has 5 nitrogen and oxygen atoms in total. The summed E-state index contributed by atoms with van der Waals surface area (Å²) in [7, 11) is 0. The van der Waals surface area contributed by atoms with E-state index in [1.807, 2.05) is 13.8 Å². The SMILES string of the molecule is CCOCC(C)NC1CC(=O)N(C2CC2)C1=O. The van der Waals surface area contributed by atoms with Gasteiger partial charge < -0.3 is 10.1 Å². The van der Waals surface area contributed by atoms with Crippen molar-refractivity contribution in [3.8, 4) is 0 Å². The molecule has 1 aliphatic heterocycles. The average molecular weight is 240 g/mol. The summed E-state index contributed by atoms with van der Waals surface area (Å²) in [4.78, 5) is 25.2. The highest BCUT2D eigenvalue weighted by atomic mass is 16.5. The molecule has 2 fully saturated rings. The van der Waals surface area contributed by atoms with Crippen molar-refractivity contribution in [2.24, 2.45) is 0 Å². The van der Waals surface area contributed by atoms with E-state index in [0.29, 0.717) is 19.6 Å². The van der Waals surface area contributed by atoms with Crippen molar-refractivity contribution in [2.75, 3.05) is 13.2 Å². The molecule has 2 atom stereocenters. The predicted molar refractivity (Wildman–Crippen MR) is 62.4 cm³/mol. The zero-order valence-corrected chi connectivity index (χ0v) is 10.4. The Kier molecular flexibility index (Phi) is 3.79. The second-order valence-electron chi connectivity index (χ2n) is 4.82. The second kappa shape index (κ2) is 5.14. The lowest BCUT2D eigenvalue weighted by Gasteiger charge is -2.18. The number of ether oxygens (including phenoxy) is 1. The number of carbonyl (C=O) groups excluding carboxylic acids is 2. The van der Waals surface area contributed by atoms with Crippen molar-refractivity contribution in [1.29, 1.82) is 0 Å². The molecule has 2 rings (SSSR count). The van der Waals surface area contributed by atoms with E-state index in [4.69, 9.17) is 4.74 Å². The standard InChI is InChI=1S/C12H20N2O3/c1-3-17-7-8(2)13-10-6-11(15)14(12(10)16)9-4-5-9/h8-10,13H,3-7H2,1-2H3. The number of amides is 2. The topological polar surface area (TPSA) is 58.6 Å². The Labute approximate surface area is 101 Å². The molecular formula is C12H20N2O3. The molecule has 2 amide bonds. The van der Waals surface area contributed by atoms with Gasteiger partial charge in [0.05, 0.1) is 19.1 Å². The molecule has 1 heterocycles. The Morgan fingerprint density at radius 1 is 1.47 bits per heavy atom. The molecule has 0 spiro atoms. The van der Waals surface area contributed by atoms with E-state index in [0.717, 1.165) is 12.8 Å². The third kappa shape index (κ3) is 2.84. The number of rotatable bonds is 6. The van der Waals surface area contributed by atoms with Crippen molar-refractivity contribution in [1.82, 2.24) is 10.2 Å². The number of nitrogens with zero attached hydrogens (tertiary/aromatic N) is 1. The average Bonchev–Trinajstić information content (AvgIpc) is 3.06. The summed E-state index contributed by atoms with van der Waals surface area (Å²) in [6.07, 6.45) is 2.24. The summed E-state index contributed by atoms with van der Waals surface area (Å²) in [5.74, 6) is -0.0838. The van der Waals surface area contributed by atoms with Crippen molar-refractivity contribution in [3.63, 3.8) is 0 Å². The van der Waals surface area contributed by atoms with E-state index in [9.17, 15) is 9.59 Å². The first-order chi connectivity index (χ1) is 8.13. The molecule has 0 bridgehead atoms. The van der Waals surface area contributed by atoms with Gasteiger partial charge in [-0.1, -0.05) is 0 Å². The summed E-state index contributed by atoms with van der Waals surface area (Å²) in [5.41, 5.74) is 0. The third-order valence-corrected chi connectivity index (χ3v) is 3.15. The normalized spacial score (nSPS) is 26.7. The molecule has 0 radical (unpaired) electrons. The highest BCUT2D eigenvalue weighted by molar-refractivity contribution is 6.06. The Morgan fingerprint density at radius 3 is 2.76 bits per heavy atom. The van der Waals surface area contributed by atoms with Gasteiger partial charge in [0.2, 0.25) is 11.8 Å². The summed E-state index contributed by atoms with van der Waals surface area (Å²) < 4.78 is 5.28. The van der Waals surface area contributed by atoms with Crippen molar-refractivity contribution < 1.29 is 14.3 Å². The van der Waals surface area contributed by atoms with Crippen LogP contribution in [0.1, 0.15) is 33.1 Å². The Morgan fingerprint density at radius 2 is 2.18 bits per heavy atom. The van der Waals surface area contributed by atoms with E-state index >= 15 is 0 Å². The maximum atomic E-state index is 12.0. The third-order valence-electron chi connectivity index (χ3n) is 3.15. The van der Waals surface area contributed by atoms with Gasteiger partial charge >= 0.3 is 0 Å². The molecule has 1 aliphatic carbocycles. The molecule has 1 saturated heterocycles. The molecular weight excluding hydrogens is 220 g/mol. The van der Waals surface area contributed by atoms with E-state index < -0.39 is 0 Å². The van der Waals surface area contributed by atoms with Gasteiger partial charge in [-0.15, -0.1) is 0 Å². The number of carbonyl (C=O) groups is 2. The summed E-state index contributed by atoms with van der Waals surface area (Å²) >= 11 is 0. The van der Waals surface area contributed by atoms with Crippen molar-refractivity contribution in [3.05, 3.63) is 0 Å². The van der Waals surface area contributed by atoms with Crippen LogP contribution in [0.25, 0.3) is 0 Å². The van der Waals surface area contributed by atoms with Crippen molar-refractivity contribution in [2.45, 2.75) is 51.2 Å². The summed E-state index contributed by atoms with van der Waals surface area (Å²) in [6.45, 7) is 5.13. The Hall–Kier alpha value is -0.940. The van der Waals surface area contributed by atoms with Gasteiger partial charge in [0, 0.05) is 18.7 Å². The number of hydrogen-bond acceptors (Lipinski definition) is 4. The maximum Gasteiger partial charge on any atom is 0.247 e. The zero-order valence-electron chi connectivity index (χ0n) is 10.4. The monoisotopic (exact) mass is 240 g/mol. The zero-order chi connectivity index (χ0) is 12.4. The van der Waals surface area contributed by atoms with Crippen LogP contribution in [0.2, 0.25) is 0 Å². The van der Waals surface area contributed by atoms with Crippen LogP contribution >= 0.6 is 0 Å². The lowest BCUT2D eigenvalue weighted by molar-refractivity contribution is -0.139. The molecule has 17 heavy (non-hydrogen) atoms. The molecule has 0 aromatic heterocycles. The van der Waals surface area contributed by atoms with Crippen LogP contribution in [0.5, 0.6) is 0 Å². The van der Waals surface area contributed by atoms with Gasteiger partial charge in [-0.2, -0.15) is 0 Å². The molecule has 1 saturated carbocycles. The fourth-order valence-corrected chi connectivity index (χ4v) is 2.18. The maximum absolute atomic E-state index is 12.0. The largest absolute Gasteiger partial charge is 0.380 e. The highest BCUT2D eigenvalue weighted by Crippen LogP contribution is 2.31. The van der Waals surface area contributed by atoms with E-state index in [1.165, 1.54) is 4.90 Å². The highest BCUT2D eigenvalue weighted by Gasteiger charge is 2.46. The van der Waals surface area contributed by atoms with E-state index in [-0.39, 0.29) is 29.9 Å². The number of imide groups is 1.